The van der Waals surface area contributed by atoms with Crippen LogP contribution in [0.25, 0.3) is 0 Å². The number of piperazine rings is 1. The summed E-state index contributed by atoms with van der Waals surface area (Å²) in [6.07, 6.45) is -4.63. The van der Waals surface area contributed by atoms with Gasteiger partial charge in [-0.25, -0.2) is 8.42 Å². The third kappa shape index (κ3) is 3.98. The lowest BCUT2D eigenvalue weighted by Crippen LogP contribution is -2.48. The van der Waals surface area contributed by atoms with E-state index >= 15 is 0 Å². The predicted molar refractivity (Wildman–Crippen MR) is 98.3 cm³/mol. The topological polar surface area (TPSA) is 64.4 Å². The van der Waals surface area contributed by atoms with Crippen LogP contribution >= 0.6 is 0 Å². The number of alkyl halides is 3. The average molecular weight is 409 g/mol. The summed E-state index contributed by atoms with van der Waals surface area (Å²) in [6.45, 7) is 2.71. The minimum absolute atomic E-state index is 0.164. The standard InChI is InChI=1S/C19H18F3N3O2S/c1-14-2-6-17(7-3-14)28(26,27)25-10-8-24(9-11-25)16-5-4-15(13-23)18(12-16)19(20,21)22/h2-7,12H,8-11H2,1H3. The molecule has 1 heterocycles. The fraction of sp³-hybridized carbons (Fsp3) is 0.316. The molecule has 0 spiro atoms. The maximum Gasteiger partial charge on any atom is 0.417 e. The predicted octanol–water partition coefficient (Wildman–Crippen LogP) is 3.40. The van der Waals surface area contributed by atoms with E-state index < -0.39 is 27.3 Å². The van der Waals surface area contributed by atoms with Crippen molar-refractivity contribution in [3.63, 3.8) is 0 Å². The summed E-state index contributed by atoms with van der Waals surface area (Å²) < 4.78 is 66.3. The van der Waals surface area contributed by atoms with Gasteiger partial charge in [0, 0.05) is 31.9 Å². The number of sulfonamides is 1. The van der Waals surface area contributed by atoms with E-state index in [0.29, 0.717) is 5.69 Å². The number of halogens is 3. The molecule has 2 aromatic carbocycles. The van der Waals surface area contributed by atoms with Gasteiger partial charge in [0.25, 0.3) is 0 Å². The number of nitrogens with zero attached hydrogens (tertiary/aromatic N) is 3. The largest absolute Gasteiger partial charge is 0.417 e. The Morgan fingerprint density at radius 1 is 1.00 bits per heavy atom. The quantitative estimate of drug-likeness (QED) is 0.780. The molecular formula is C19H18F3N3O2S. The Labute approximate surface area is 161 Å². The molecule has 5 nitrogen and oxygen atoms in total. The van der Waals surface area contributed by atoms with Gasteiger partial charge >= 0.3 is 6.18 Å². The fourth-order valence-corrected chi connectivity index (χ4v) is 4.53. The van der Waals surface area contributed by atoms with Crippen LogP contribution in [0.4, 0.5) is 18.9 Å². The Balaban J connectivity index is 1.77. The average Bonchev–Trinajstić information content (AvgIpc) is 2.67. The van der Waals surface area contributed by atoms with E-state index in [1.165, 1.54) is 10.4 Å². The summed E-state index contributed by atoms with van der Waals surface area (Å²) in [5, 5.41) is 8.90. The van der Waals surface area contributed by atoms with Crippen molar-refractivity contribution in [1.29, 1.82) is 5.26 Å². The molecular weight excluding hydrogens is 391 g/mol. The first kappa shape index (κ1) is 20.2. The van der Waals surface area contributed by atoms with Crippen LogP contribution in [0.5, 0.6) is 0 Å². The molecule has 9 heteroatoms. The molecule has 0 amide bonds. The van der Waals surface area contributed by atoms with Crippen LogP contribution in [0.2, 0.25) is 0 Å². The second kappa shape index (κ2) is 7.45. The van der Waals surface area contributed by atoms with Crippen LogP contribution in [-0.4, -0.2) is 38.9 Å². The summed E-state index contributed by atoms with van der Waals surface area (Å²) >= 11 is 0. The van der Waals surface area contributed by atoms with Crippen molar-refractivity contribution in [1.82, 2.24) is 4.31 Å². The van der Waals surface area contributed by atoms with Crippen LogP contribution in [0.15, 0.2) is 47.4 Å². The van der Waals surface area contributed by atoms with E-state index in [1.54, 1.807) is 35.2 Å². The minimum Gasteiger partial charge on any atom is -0.369 e. The summed E-state index contributed by atoms with van der Waals surface area (Å²) in [6, 6.07) is 11.6. The van der Waals surface area contributed by atoms with Gasteiger partial charge in [0.05, 0.1) is 22.1 Å². The van der Waals surface area contributed by atoms with Gasteiger partial charge in [-0.1, -0.05) is 17.7 Å². The fourth-order valence-electron chi connectivity index (χ4n) is 3.11. The monoisotopic (exact) mass is 409 g/mol. The van der Waals surface area contributed by atoms with Crippen molar-refractivity contribution in [2.75, 3.05) is 31.1 Å². The second-order valence-corrected chi connectivity index (χ2v) is 8.48. The normalized spacial score (nSPS) is 16.0. The third-order valence-electron chi connectivity index (χ3n) is 4.69. The van der Waals surface area contributed by atoms with Gasteiger partial charge in [0.15, 0.2) is 0 Å². The first-order chi connectivity index (χ1) is 13.1. The zero-order valence-corrected chi connectivity index (χ0v) is 15.9. The summed E-state index contributed by atoms with van der Waals surface area (Å²) in [4.78, 5) is 1.89. The first-order valence-electron chi connectivity index (χ1n) is 8.56. The van der Waals surface area contributed by atoms with Gasteiger partial charge in [-0.05, 0) is 37.3 Å². The van der Waals surface area contributed by atoms with Crippen molar-refractivity contribution in [2.24, 2.45) is 0 Å². The Bertz CT molecular complexity index is 1000. The molecule has 0 radical (unpaired) electrons. The molecule has 2 aromatic rings. The highest BCUT2D eigenvalue weighted by Crippen LogP contribution is 2.34. The van der Waals surface area contributed by atoms with Crippen LogP contribution < -0.4 is 4.90 Å². The molecule has 0 saturated carbocycles. The van der Waals surface area contributed by atoms with Gasteiger partial charge in [-0.2, -0.15) is 22.7 Å². The van der Waals surface area contributed by atoms with E-state index in [4.69, 9.17) is 5.26 Å². The summed E-state index contributed by atoms with van der Waals surface area (Å²) in [5.41, 5.74) is -0.150. The molecule has 28 heavy (non-hydrogen) atoms. The Morgan fingerprint density at radius 3 is 2.14 bits per heavy atom. The number of hydrogen-bond acceptors (Lipinski definition) is 4. The van der Waals surface area contributed by atoms with Crippen molar-refractivity contribution in [2.45, 2.75) is 18.0 Å². The van der Waals surface area contributed by atoms with Gasteiger partial charge < -0.3 is 4.90 Å². The Morgan fingerprint density at radius 2 is 1.61 bits per heavy atom. The molecule has 1 aliphatic heterocycles. The molecule has 1 aliphatic rings. The van der Waals surface area contributed by atoms with Gasteiger partial charge in [-0.3, -0.25) is 0 Å². The number of nitriles is 1. The highest BCUT2D eigenvalue weighted by atomic mass is 32.2. The minimum atomic E-state index is -4.63. The number of aryl methyl sites for hydroxylation is 1. The lowest BCUT2D eigenvalue weighted by Gasteiger charge is -2.35. The van der Waals surface area contributed by atoms with Gasteiger partial charge in [-0.15, -0.1) is 0 Å². The summed E-state index contributed by atoms with van der Waals surface area (Å²) in [7, 11) is -3.64. The molecule has 1 fully saturated rings. The molecule has 3 rings (SSSR count). The Hall–Kier alpha value is -2.57. The molecule has 0 N–H and O–H groups in total. The molecule has 1 saturated heterocycles. The third-order valence-corrected chi connectivity index (χ3v) is 6.60. The van der Waals surface area contributed by atoms with Crippen molar-refractivity contribution in [3.8, 4) is 6.07 Å². The zero-order valence-electron chi connectivity index (χ0n) is 15.1. The number of hydrogen-bond donors (Lipinski definition) is 0. The lowest BCUT2D eigenvalue weighted by molar-refractivity contribution is -0.137. The van der Waals surface area contributed by atoms with Gasteiger partial charge in [0.2, 0.25) is 10.0 Å². The maximum atomic E-state index is 13.2. The molecule has 0 atom stereocenters. The second-order valence-electron chi connectivity index (χ2n) is 6.54. The zero-order chi connectivity index (χ0) is 20.5. The van der Waals surface area contributed by atoms with Crippen LogP contribution in [-0.2, 0) is 16.2 Å². The van der Waals surface area contributed by atoms with Crippen LogP contribution in [0, 0.1) is 18.3 Å². The summed E-state index contributed by atoms with van der Waals surface area (Å²) in [5.74, 6) is 0. The maximum absolute atomic E-state index is 13.2. The molecule has 148 valence electrons. The smallest absolute Gasteiger partial charge is 0.369 e. The van der Waals surface area contributed by atoms with E-state index in [0.717, 1.165) is 17.7 Å². The van der Waals surface area contributed by atoms with E-state index in [-0.39, 0.29) is 31.1 Å². The first-order valence-corrected chi connectivity index (χ1v) is 10.00. The van der Waals surface area contributed by atoms with Crippen molar-refractivity contribution >= 4 is 15.7 Å². The van der Waals surface area contributed by atoms with Crippen LogP contribution in [0.3, 0.4) is 0 Å². The van der Waals surface area contributed by atoms with Crippen molar-refractivity contribution in [3.05, 3.63) is 59.2 Å². The van der Waals surface area contributed by atoms with Gasteiger partial charge in [0.1, 0.15) is 0 Å². The SMILES string of the molecule is Cc1ccc(S(=O)(=O)N2CCN(c3ccc(C#N)c(C(F)(F)F)c3)CC2)cc1. The van der Waals surface area contributed by atoms with E-state index in [1.807, 2.05) is 6.92 Å². The number of benzene rings is 2. The van der Waals surface area contributed by atoms with E-state index in [2.05, 4.69) is 0 Å². The number of anilines is 1. The highest BCUT2D eigenvalue weighted by Gasteiger charge is 2.35. The Kier molecular flexibility index (Phi) is 5.37. The van der Waals surface area contributed by atoms with Crippen molar-refractivity contribution < 1.29 is 21.6 Å². The van der Waals surface area contributed by atoms with E-state index in [9.17, 15) is 21.6 Å². The molecule has 0 bridgehead atoms. The number of rotatable bonds is 3. The molecule has 0 aromatic heterocycles. The molecule has 0 aliphatic carbocycles. The highest BCUT2D eigenvalue weighted by molar-refractivity contribution is 7.89. The van der Waals surface area contributed by atoms with Crippen LogP contribution in [0.1, 0.15) is 16.7 Å². The lowest BCUT2D eigenvalue weighted by atomic mass is 10.1. The molecule has 0 unspecified atom stereocenters.